The predicted octanol–water partition coefficient (Wildman–Crippen LogP) is 2.31. The zero-order valence-corrected chi connectivity index (χ0v) is 18.6. The maximum Gasteiger partial charge on any atom is 0.341 e. The Bertz CT molecular complexity index is 1150. The summed E-state index contributed by atoms with van der Waals surface area (Å²) >= 11 is 0. The number of hydrogen-bond acceptors (Lipinski definition) is 5. The first-order valence-electron chi connectivity index (χ1n) is 11.8. The molecule has 1 saturated carbocycles. The molecule has 8 nitrogen and oxygen atoms in total. The zero-order chi connectivity index (χ0) is 23.1. The lowest BCUT2D eigenvalue weighted by atomic mass is 10.1. The molecule has 0 atom stereocenters. The molecule has 1 aromatic carbocycles. The van der Waals surface area contributed by atoms with Crippen molar-refractivity contribution in [2.45, 2.75) is 38.1 Å². The van der Waals surface area contributed by atoms with E-state index in [1.54, 1.807) is 6.07 Å². The molecule has 3 fully saturated rings. The second-order valence-electron chi connectivity index (χ2n) is 9.34. The average molecular weight is 457 g/mol. The van der Waals surface area contributed by atoms with Gasteiger partial charge in [0.15, 0.2) is 0 Å². The SMILES string of the molecule is O=C(O)c1cn(C2CC2)c2cc(N3CCN(C(=O)CN4CCCCC4)CC3)c(F)cc2c1=O. The van der Waals surface area contributed by atoms with E-state index in [1.165, 1.54) is 18.7 Å². The fraction of sp³-hybridized carbons (Fsp3) is 0.542. The lowest BCUT2D eigenvalue weighted by Gasteiger charge is -2.37. The van der Waals surface area contributed by atoms with E-state index in [0.29, 0.717) is 43.9 Å². The number of amides is 1. The molecule has 1 N–H and O–H groups in total. The van der Waals surface area contributed by atoms with E-state index in [4.69, 9.17) is 0 Å². The van der Waals surface area contributed by atoms with Gasteiger partial charge in [-0.3, -0.25) is 14.5 Å². The number of aromatic nitrogens is 1. The minimum absolute atomic E-state index is 0.0957. The molecule has 5 rings (SSSR count). The van der Waals surface area contributed by atoms with Gasteiger partial charge in [-0.25, -0.2) is 9.18 Å². The lowest BCUT2D eigenvalue weighted by Crippen LogP contribution is -2.51. The Morgan fingerprint density at radius 2 is 1.70 bits per heavy atom. The Hall–Kier alpha value is -2.94. The summed E-state index contributed by atoms with van der Waals surface area (Å²) < 4.78 is 16.9. The van der Waals surface area contributed by atoms with Crippen LogP contribution in [-0.2, 0) is 4.79 Å². The summed E-state index contributed by atoms with van der Waals surface area (Å²) in [5, 5.41) is 9.50. The molecule has 9 heteroatoms. The molecule has 176 valence electrons. The van der Waals surface area contributed by atoms with Gasteiger partial charge in [-0.2, -0.15) is 0 Å². The van der Waals surface area contributed by atoms with E-state index in [9.17, 15) is 19.5 Å². The maximum atomic E-state index is 15.1. The smallest absolute Gasteiger partial charge is 0.341 e. The number of anilines is 1. The monoisotopic (exact) mass is 456 g/mol. The number of carboxylic acid groups (broad SMARTS) is 1. The molecule has 0 bridgehead atoms. The summed E-state index contributed by atoms with van der Waals surface area (Å²) in [5.41, 5.74) is -0.0367. The van der Waals surface area contributed by atoms with E-state index in [2.05, 4.69) is 4.90 Å². The highest BCUT2D eigenvalue weighted by atomic mass is 19.1. The third-order valence-electron chi connectivity index (χ3n) is 7.05. The van der Waals surface area contributed by atoms with Crippen LogP contribution in [0.3, 0.4) is 0 Å². The molecule has 0 spiro atoms. The minimum Gasteiger partial charge on any atom is -0.477 e. The largest absolute Gasteiger partial charge is 0.477 e. The molecule has 2 aromatic rings. The summed E-state index contributed by atoms with van der Waals surface area (Å²) in [6, 6.07) is 2.97. The van der Waals surface area contributed by atoms with Gasteiger partial charge in [0.05, 0.1) is 17.7 Å². The number of hydrogen-bond donors (Lipinski definition) is 1. The van der Waals surface area contributed by atoms with Gasteiger partial charge in [0, 0.05) is 43.8 Å². The number of piperazine rings is 1. The van der Waals surface area contributed by atoms with E-state index in [1.807, 2.05) is 14.4 Å². The Kier molecular flexibility index (Phi) is 5.82. The molecule has 3 heterocycles. The quantitative estimate of drug-likeness (QED) is 0.743. The number of rotatable bonds is 5. The highest BCUT2D eigenvalue weighted by molar-refractivity contribution is 5.93. The number of piperidine rings is 1. The van der Waals surface area contributed by atoms with Crippen LogP contribution in [0.2, 0.25) is 0 Å². The predicted molar refractivity (Wildman–Crippen MR) is 122 cm³/mol. The number of aromatic carboxylic acids is 1. The van der Waals surface area contributed by atoms with Crippen LogP contribution < -0.4 is 10.3 Å². The van der Waals surface area contributed by atoms with Crippen molar-refractivity contribution in [3.63, 3.8) is 0 Å². The van der Waals surface area contributed by atoms with Crippen molar-refractivity contribution in [1.29, 1.82) is 0 Å². The second kappa shape index (κ2) is 8.78. The minimum atomic E-state index is -1.30. The van der Waals surface area contributed by atoms with E-state index >= 15 is 4.39 Å². The van der Waals surface area contributed by atoms with Gasteiger partial charge >= 0.3 is 5.97 Å². The number of nitrogens with zero attached hydrogens (tertiary/aromatic N) is 4. The summed E-state index contributed by atoms with van der Waals surface area (Å²) in [6.45, 7) is 4.46. The third kappa shape index (κ3) is 4.34. The number of carboxylic acids is 1. The molecule has 1 aliphatic carbocycles. The van der Waals surface area contributed by atoms with Crippen LogP contribution in [0.15, 0.2) is 23.1 Å². The van der Waals surface area contributed by atoms with E-state index in [-0.39, 0.29) is 22.9 Å². The Morgan fingerprint density at radius 1 is 1.00 bits per heavy atom. The van der Waals surface area contributed by atoms with Crippen LogP contribution in [0.25, 0.3) is 10.9 Å². The lowest BCUT2D eigenvalue weighted by molar-refractivity contribution is -0.132. The summed E-state index contributed by atoms with van der Waals surface area (Å²) in [7, 11) is 0. The van der Waals surface area contributed by atoms with Crippen LogP contribution >= 0.6 is 0 Å². The van der Waals surface area contributed by atoms with E-state index in [0.717, 1.165) is 38.8 Å². The molecule has 1 aromatic heterocycles. The first kappa shape index (κ1) is 21.9. The Labute approximate surface area is 191 Å². The highest BCUT2D eigenvalue weighted by Crippen LogP contribution is 2.38. The fourth-order valence-electron chi connectivity index (χ4n) is 5.01. The number of likely N-dealkylation sites (tertiary alicyclic amines) is 1. The molecule has 2 saturated heterocycles. The van der Waals surface area contributed by atoms with Gasteiger partial charge in [-0.1, -0.05) is 6.42 Å². The number of fused-ring (bicyclic) bond motifs is 1. The molecule has 3 aliphatic rings. The number of carbonyl (C=O) groups is 2. The summed E-state index contributed by atoms with van der Waals surface area (Å²) in [6.07, 6.45) is 6.71. The molecular weight excluding hydrogens is 427 g/mol. The van der Waals surface area contributed by atoms with Gasteiger partial charge in [-0.15, -0.1) is 0 Å². The number of pyridine rings is 1. The second-order valence-corrected chi connectivity index (χ2v) is 9.34. The fourth-order valence-corrected chi connectivity index (χ4v) is 5.01. The summed E-state index contributed by atoms with van der Waals surface area (Å²) in [4.78, 5) is 42.9. The van der Waals surface area contributed by atoms with Crippen LogP contribution in [0, 0.1) is 5.82 Å². The third-order valence-corrected chi connectivity index (χ3v) is 7.05. The Morgan fingerprint density at radius 3 is 2.33 bits per heavy atom. The van der Waals surface area contributed by atoms with Crippen LogP contribution in [0.1, 0.15) is 48.5 Å². The van der Waals surface area contributed by atoms with Crippen molar-refractivity contribution < 1.29 is 19.1 Å². The van der Waals surface area contributed by atoms with Crippen molar-refractivity contribution in [3.8, 4) is 0 Å². The number of carbonyl (C=O) groups excluding carboxylic acids is 1. The topological polar surface area (TPSA) is 86.1 Å². The molecule has 2 aliphatic heterocycles. The van der Waals surface area contributed by atoms with Gasteiger partial charge in [0.2, 0.25) is 11.3 Å². The van der Waals surface area contributed by atoms with Crippen molar-refractivity contribution in [2.24, 2.45) is 0 Å². The van der Waals surface area contributed by atoms with Crippen molar-refractivity contribution in [2.75, 3.05) is 50.7 Å². The zero-order valence-electron chi connectivity index (χ0n) is 18.6. The van der Waals surface area contributed by atoms with Gasteiger partial charge < -0.3 is 19.5 Å². The molecular formula is C24H29FN4O4. The van der Waals surface area contributed by atoms with Crippen LogP contribution in [0.4, 0.5) is 10.1 Å². The standard InChI is InChI=1S/C24H29FN4O4/c25-19-12-17-20(29(16-4-5-16)14-18(23(17)31)24(32)33)13-21(19)27-8-10-28(11-9-27)22(30)15-26-6-2-1-3-7-26/h12-14,16H,1-11,15H2,(H,32,33). The maximum absolute atomic E-state index is 15.1. The number of halogens is 1. The van der Waals surface area contributed by atoms with Gasteiger partial charge in [0.1, 0.15) is 11.4 Å². The van der Waals surface area contributed by atoms with Gasteiger partial charge in [-0.05, 0) is 50.9 Å². The van der Waals surface area contributed by atoms with Crippen molar-refractivity contribution >= 4 is 28.5 Å². The number of benzene rings is 1. The average Bonchev–Trinajstić information content (AvgIpc) is 3.65. The Balaban J connectivity index is 1.36. The molecule has 1 amide bonds. The van der Waals surface area contributed by atoms with E-state index < -0.39 is 17.2 Å². The highest BCUT2D eigenvalue weighted by Gasteiger charge is 2.29. The van der Waals surface area contributed by atoms with Crippen molar-refractivity contribution in [3.05, 3.63) is 39.9 Å². The first-order chi connectivity index (χ1) is 15.9. The molecule has 0 radical (unpaired) electrons. The molecule has 0 unspecified atom stereocenters. The van der Waals surface area contributed by atoms with Crippen LogP contribution in [-0.4, -0.2) is 77.2 Å². The molecule has 33 heavy (non-hydrogen) atoms. The normalized spacial score (nSPS) is 19.8. The summed E-state index contributed by atoms with van der Waals surface area (Å²) in [5.74, 6) is -1.72. The van der Waals surface area contributed by atoms with Crippen LogP contribution in [0.5, 0.6) is 0 Å². The first-order valence-corrected chi connectivity index (χ1v) is 11.8. The van der Waals surface area contributed by atoms with Gasteiger partial charge in [0.25, 0.3) is 0 Å². The van der Waals surface area contributed by atoms with Crippen molar-refractivity contribution in [1.82, 2.24) is 14.4 Å².